The summed E-state index contributed by atoms with van der Waals surface area (Å²) < 4.78 is 0. The highest BCUT2D eigenvalue weighted by Gasteiger charge is 2.34. The van der Waals surface area contributed by atoms with Crippen molar-refractivity contribution in [2.45, 2.75) is 12.5 Å². The second-order valence-corrected chi connectivity index (χ2v) is 4.93. The van der Waals surface area contributed by atoms with Crippen LogP contribution < -0.4 is 11.1 Å². The Morgan fingerprint density at radius 2 is 1.55 bits per heavy atom. The monoisotopic (exact) mass is 292 g/mol. The van der Waals surface area contributed by atoms with Crippen LogP contribution in [0.4, 0.5) is 0 Å². The van der Waals surface area contributed by atoms with E-state index in [1.54, 1.807) is 43.3 Å². The van der Waals surface area contributed by atoms with Crippen LogP contribution in [0.3, 0.4) is 0 Å². The molecule has 110 valence electrons. The molecule has 3 N–H and O–H groups in total. The van der Waals surface area contributed by atoms with E-state index in [0.717, 1.165) is 5.56 Å². The molecular weight excluding hydrogens is 276 g/mol. The lowest BCUT2D eigenvalue weighted by Crippen LogP contribution is -2.52. The van der Waals surface area contributed by atoms with Crippen LogP contribution in [0.5, 0.6) is 0 Å². The molecule has 0 aromatic heterocycles. The van der Waals surface area contributed by atoms with Crippen molar-refractivity contribution in [1.82, 2.24) is 5.32 Å². The Kier molecular flexibility index (Phi) is 4.60. The lowest BCUT2D eigenvalue weighted by Gasteiger charge is -2.26. The molecule has 0 bridgehead atoms. The minimum absolute atomic E-state index is 0.561. The van der Waals surface area contributed by atoms with Crippen LogP contribution in [0, 0.1) is 11.8 Å². The number of benzene rings is 2. The molecule has 0 aliphatic rings. The van der Waals surface area contributed by atoms with Gasteiger partial charge in [-0.25, -0.2) is 0 Å². The molecule has 4 heteroatoms. The second kappa shape index (κ2) is 6.59. The highest BCUT2D eigenvalue weighted by molar-refractivity contribution is 5.99. The van der Waals surface area contributed by atoms with Gasteiger partial charge in [-0.2, -0.15) is 0 Å². The zero-order valence-corrected chi connectivity index (χ0v) is 12.2. The van der Waals surface area contributed by atoms with E-state index in [9.17, 15) is 9.59 Å². The first-order chi connectivity index (χ1) is 10.5. The van der Waals surface area contributed by atoms with Gasteiger partial charge in [0.2, 0.25) is 5.91 Å². The molecule has 2 aromatic rings. The molecular formula is C18H16N2O2. The third-order valence-electron chi connectivity index (χ3n) is 3.30. The lowest BCUT2D eigenvalue weighted by molar-refractivity contribution is -0.129. The topological polar surface area (TPSA) is 72.2 Å². The summed E-state index contributed by atoms with van der Waals surface area (Å²) in [5.74, 6) is 4.01. The van der Waals surface area contributed by atoms with Gasteiger partial charge in [0, 0.05) is 11.5 Å². The van der Waals surface area contributed by atoms with E-state index in [1.807, 2.05) is 24.3 Å². The van der Waals surface area contributed by atoms with Crippen molar-refractivity contribution in [2.75, 3.05) is 0 Å². The lowest BCUT2D eigenvalue weighted by atomic mass is 9.91. The highest BCUT2D eigenvalue weighted by Crippen LogP contribution is 2.19. The van der Waals surface area contributed by atoms with Crippen molar-refractivity contribution in [1.29, 1.82) is 0 Å². The summed E-state index contributed by atoms with van der Waals surface area (Å²) in [6.45, 7) is 1.56. The molecule has 4 nitrogen and oxygen atoms in total. The first kappa shape index (κ1) is 15.3. The molecule has 0 radical (unpaired) electrons. The molecule has 0 aliphatic carbocycles. The third kappa shape index (κ3) is 3.53. The maximum Gasteiger partial charge on any atom is 0.297 e. The number of primary amides is 1. The van der Waals surface area contributed by atoms with Gasteiger partial charge in [0.05, 0.1) is 0 Å². The summed E-state index contributed by atoms with van der Waals surface area (Å²) in [5.41, 5.74) is 5.48. The molecule has 2 amide bonds. The Labute approximate surface area is 129 Å². The molecule has 2 rings (SSSR count). The average Bonchev–Trinajstić information content (AvgIpc) is 2.54. The normalized spacial score (nSPS) is 12.4. The molecule has 0 aliphatic heterocycles. The van der Waals surface area contributed by atoms with Crippen LogP contribution >= 0.6 is 0 Å². The standard InChI is InChI=1S/C18H16N2O2/c1-18(17(19)22,15-10-6-3-7-11-15)20-16(21)13-12-14-8-4-2-5-9-14/h2-11H,1H3,(H2,19,22)(H,20,21)/t18-/m0/s1. The number of amides is 2. The molecule has 22 heavy (non-hydrogen) atoms. The van der Waals surface area contributed by atoms with Crippen molar-refractivity contribution in [2.24, 2.45) is 5.73 Å². The van der Waals surface area contributed by atoms with E-state index < -0.39 is 17.4 Å². The van der Waals surface area contributed by atoms with Crippen molar-refractivity contribution in [3.8, 4) is 11.8 Å². The fraction of sp³-hybridized carbons (Fsp3) is 0.111. The summed E-state index contributed by atoms with van der Waals surface area (Å²) in [7, 11) is 0. The summed E-state index contributed by atoms with van der Waals surface area (Å²) in [6, 6.07) is 18.0. The van der Waals surface area contributed by atoms with Crippen LogP contribution in [0.25, 0.3) is 0 Å². The van der Waals surface area contributed by atoms with E-state index in [1.165, 1.54) is 0 Å². The summed E-state index contributed by atoms with van der Waals surface area (Å²) in [5, 5.41) is 2.59. The number of rotatable bonds is 3. The van der Waals surface area contributed by atoms with E-state index in [2.05, 4.69) is 17.2 Å². The van der Waals surface area contributed by atoms with Crippen LogP contribution in [-0.4, -0.2) is 11.8 Å². The van der Waals surface area contributed by atoms with Crippen molar-refractivity contribution in [3.63, 3.8) is 0 Å². The minimum Gasteiger partial charge on any atom is -0.367 e. The molecule has 0 heterocycles. The largest absolute Gasteiger partial charge is 0.367 e. The Balaban J connectivity index is 2.21. The van der Waals surface area contributed by atoms with Gasteiger partial charge in [0.1, 0.15) is 5.54 Å². The first-order valence-electron chi connectivity index (χ1n) is 6.77. The SMILES string of the molecule is C[C@@](NC(=O)C#Cc1ccccc1)(C(N)=O)c1ccccc1. The summed E-state index contributed by atoms with van der Waals surface area (Å²) in [6.07, 6.45) is 0. The van der Waals surface area contributed by atoms with Crippen LogP contribution in [0.2, 0.25) is 0 Å². The summed E-state index contributed by atoms with van der Waals surface area (Å²) in [4.78, 5) is 23.8. The van der Waals surface area contributed by atoms with Crippen molar-refractivity contribution in [3.05, 3.63) is 71.8 Å². The zero-order chi connectivity index (χ0) is 16.0. The van der Waals surface area contributed by atoms with Crippen molar-refractivity contribution < 1.29 is 9.59 Å². The van der Waals surface area contributed by atoms with E-state index >= 15 is 0 Å². The van der Waals surface area contributed by atoms with Gasteiger partial charge in [-0.3, -0.25) is 9.59 Å². The van der Waals surface area contributed by atoms with Gasteiger partial charge >= 0.3 is 0 Å². The number of hydrogen-bond donors (Lipinski definition) is 2. The third-order valence-corrected chi connectivity index (χ3v) is 3.30. The Morgan fingerprint density at radius 3 is 2.09 bits per heavy atom. The van der Waals surface area contributed by atoms with Gasteiger partial charge in [-0.15, -0.1) is 0 Å². The maximum atomic E-state index is 12.0. The first-order valence-corrected chi connectivity index (χ1v) is 6.77. The predicted octanol–water partition coefficient (Wildman–Crippen LogP) is 1.55. The van der Waals surface area contributed by atoms with E-state index in [4.69, 9.17) is 5.73 Å². The highest BCUT2D eigenvalue weighted by atomic mass is 16.2. The zero-order valence-electron chi connectivity index (χ0n) is 12.2. The van der Waals surface area contributed by atoms with Gasteiger partial charge in [0.15, 0.2) is 0 Å². The average molecular weight is 292 g/mol. The minimum atomic E-state index is -1.30. The maximum absolute atomic E-state index is 12.0. The molecule has 0 fully saturated rings. The van der Waals surface area contributed by atoms with Gasteiger partial charge in [-0.1, -0.05) is 54.5 Å². The fourth-order valence-corrected chi connectivity index (χ4v) is 1.96. The number of carbonyl (C=O) groups is 2. The Morgan fingerprint density at radius 1 is 1.00 bits per heavy atom. The van der Waals surface area contributed by atoms with Crippen molar-refractivity contribution >= 4 is 11.8 Å². The van der Waals surface area contributed by atoms with Gasteiger partial charge < -0.3 is 11.1 Å². The fourth-order valence-electron chi connectivity index (χ4n) is 1.96. The quantitative estimate of drug-likeness (QED) is 0.843. The Hall–Kier alpha value is -3.06. The molecule has 0 spiro atoms. The van der Waals surface area contributed by atoms with E-state index in [0.29, 0.717) is 5.56 Å². The second-order valence-electron chi connectivity index (χ2n) is 4.93. The number of carbonyl (C=O) groups excluding carboxylic acids is 2. The number of nitrogens with one attached hydrogen (secondary N) is 1. The molecule has 0 unspecified atom stereocenters. The molecule has 2 aromatic carbocycles. The van der Waals surface area contributed by atoms with Gasteiger partial charge in [0.25, 0.3) is 5.91 Å². The van der Waals surface area contributed by atoms with Crippen LogP contribution in [-0.2, 0) is 15.1 Å². The number of hydrogen-bond acceptors (Lipinski definition) is 2. The summed E-state index contributed by atoms with van der Waals surface area (Å²) >= 11 is 0. The smallest absolute Gasteiger partial charge is 0.297 e. The molecule has 0 saturated carbocycles. The molecule has 0 saturated heterocycles. The number of nitrogens with two attached hydrogens (primary N) is 1. The Bertz CT molecular complexity index is 730. The van der Waals surface area contributed by atoms with Gasteiger partial charge in [-0.05, 0) is 24.6 Å². The van der Waals surface area contributed by atoms with Crippen LogP contribution in [0.1, 0.15) is 18.1 Å². The van der Waals surface area contributed by atoms with Crippen LogP contribution in [0.15, 0.2) is 60.7 Å². The molecule has 1 atom stereocenters. The van der Waals surface area contributed by atoms with E-state index in [-0.39, 0.29) is 0 Å². The predicted molar refractivity (Wildman–Crippen MR) is 84.5 cm³/mol.